The van der Waals surface area contributed by atoms with Crippen molar-refractivity contribution >= 4 is 11.5 Å². The van der Waals surface area contributed by atoms with Gasteiger partial charge in [-0.15, -0.1) is 0 Å². The first-order valence-electron chi connectivity index (χ1n) is 6.46. The fourth-order valence-corrected chi connectivity index (χ4v) is 2.39. The van der Waals surface area contributed by atoms with E-state index >= 15 is 0 Å². The molecule has 0 bridgehead atoms. The SMILES string of the molecule is CC(=O)c1ccc(N2CCCC(N(C)C)C2)cn1. The van der Waals surface area contributed by atoms with Crippen LogP contribution in [-0.4, -0.2) is 48.9 Å². The Hall–Kier alpha value is -1.42. The van der Waals surface area contributed by atoms with Crippen molar-refractivity contribution < 1.29 is 4.79 Å². The fourth-order valence-electron chi connectivity index (χ4n) is 2.39. The molecule has 0 aliphatic carbocycles. The van der Waals surface area contributed by atoms with Gasteiger partial charge in [-0.05, 0) is 39.1 Å². The zero-order valence-corrected chi connectivity index (χ0v) is 11.4. The number of ketones is 1. The normalized spacial score (nSPS) is 20.2. The van der Waals surface area contributed by atoms with Crippen molar-refractivity contribution in [2.24, 2.45) is 0 Å². The number of piperidine rings is 1. The van der Waals surface area contributed by atoms with E-state index in [1.54, 1.807) is 6.92 Å². The number of pyridine rings is 1. The van der Waals surface area contributed by atoms with E-state index in [-0.39, 0.29) is 5.78 Å². The molecule has 1 aromatic heterocycles. The topological polar surface area (TPSA) is 36.4 Å². The maximum Gasteiger partial charge on any atom is 0.178 e. The van der Waals surface area contributed by atoms with Gasteiger partial charge >= 0.3 is 0 Å². The highest BCUT2D eigenvalue weighted by molar-refractivity contribution is 5.92. The molecular weight excluding hydrogens is 226 g/mol. The molecule has 2 heterocycles. The highest BCUT2D eigenvalue weighted by atomic mass is 16.1. The van der Waals surface area contributed by atoms with Crippen molar-refractivity contribution in [1.82, 2.24) is 9.88 Å². The van der Waals surface area contributed by atoms with Gasteiger partial charge in [-0.25, -0.2) is 0 Å². The first-order chi connectivity index (χ1) is 8.58. The van der Waals surface area contributed by atoms with Gasteiger partial charge in [-0.1, -0.05) is 0 Å². The molecule has 0 N–H and O–H groups in total. The van der Waals surface area contributed by atoms with Crippen LogP contribution in [0.1, 0.15) is 30.3 Å². The summed E-state index contributed by atoms with van der Waals surface area (Å²) in [6.07, 6.45) is 4.27. The molecule has 0 saturated carbocycles. The maximum atomic E-state index is 11.2. The molecule has 1 aliphatic heterocycles. The second-order valence-electron chi connectivity index (χ2n) is 5.16. The second kappa shape index (κ2) is 5.48. The molecule has 18 heavy (non-hydrogen) atoms. The van der Waals surface area contributed by atoms with Crippen LogP contribution in [0.4, 0.5) is 5.69 Å². The van der Waals surface area contributed by atoms with Crippen LogP contribution in [0, 0.1) is 0 Å². The largest absolute Gasteiger partial charge is 0.369 e. The van der Waals surface area contributed by atoms with E-state index in [9.17, 15) is 4.79 Å². The molecule has 4 heteroatoms. The molecule has 0 spiro atoms. The van der Waals surface area contributed by atoms with Gasteiger partial charge in [0.25, 0.3) is 0 Å². The first kappa shape index (κ1) is 13.0. The van der Waals surface area contributed by atoms with E-state index < -0.39 is 0 Å². The van der Waals surface area contributed by atoms with E-state index in [2.05, 4.69) is 28.9 Å². The molecule has 0 aromatic carbocycles. The lowest BCUT2D eigenvalue weighted by atomic mass is 10.0. The summed E-state index contributed by atoms with van der Waals surface area (Å²) >= 11 is 0. The number of rotatable bonds is 3. The average Bonchev–Trinajstić information content (AvgIpc) is 2.39. The van der Waals surface area contributed by atoms with Crippen molar-refractivity contribution in [2.45, 2.75) is 25.8 Å². The molecule has 2 rings (SSSR count). The summed E-state index contributed by atoms with van der Waals surface area (Å²) in [5, 5.41) is 0. The predicted octanol–water partition coefficient (Wildman–Crippen LogP) is 1.81. The molecule has 1 aliphatic rings. The Morgan fingerprint density at radius 1 is 1.44 bits per heavy atom. The number of hydrogen-bond acceptors (Lipinski definition) is 4. The minimum absolute atomic E-state index is 0.0198. The Bertz CT molecular complexity index is 414. The van der Waals surface area contributed by atoms with Crippen LogP contribution in [-0.2, 0) is 0 Å². The summed E-state index contributed by atoms with van der Waals surface area (Å²) in [6.45, 7) is 3.66. The summed E-state index contributed by atoms with van der Waals surface area (Å²) in [5.41, 5.74) is 1.66. The van der Waals surface area contributed by atoms with Crippen molar-refractivity contribution in [1.29, 1.82) is 0 Å². The van der Waals surface area contributed by atoms with Crippen LogP contribution in [0.2, 0.25) is 0 Å². The van der Waals surface area contributed by atoms with Gasteiger partial charge in [0.2, 0.25) is 0 Å². The molecule has 1 unspecified atom stereocenters. The van der Waals surface area contributed by atoms with Gasteiger partial charge in [-0.3, -0.25) is 9.78 Å². The summed E-state index contributed by atoms with van der Waals surface area (Å²) in [4.78, 5) is 20.0. The molecule has 0 amide bonds. The molecule has 1 atom stereocenters. The van der Waals surface area contributed by atoms with Gasteiger partial charge in [0, 0.05) is 26.1 Å². The predicted molar refractivity (Wildman–Crippen MR) is 73.2 cm³/mol. The Morgan fingerprint density at radius 2 is 2.22 bits per heavy atom. The molecule has 0 radical (unpaired) electrons. The number of anilines is 1. The van der Waals surface area contributed by atoms with Crippen molar-refractivity contribution in [2.75, 3.05) is 32.1 Å². The summed E-state index contributed by atoms with van der Waals surface area (Å²) < 4.78 is 0. The van der Waals surface area contributed by atoms with E-state index in [1.807, 2.05) is 18.3 Å². The van der Waals surface area contributed by atoms with Crippen LogP contribution >= 0.6 is 0 Å². The third kappa shape index (κ3) is 2.88. The van der Waals surface area contributed by atoms with Gasteiger partial charge < -0.3 is 9.80 Å². The smallest absolute Gasteiger partial charge is 0.178 e. The maximum absolute atomic E-state index is 11.2. The quantitative estimate of drug-likeness (QED) is 0.763. The van der Waals surface area contributed by atoms with Crippen molar-refractivity contribution in [3.8, 4) is 0 Å². The molecular formula is C14H21N3O. The van der Waals surface area contributed by atoms with Crippen LogP contribution < -0.4 is 4.90 Å². The number of nitrogens with zero attached hydrogens (tertiary/aromatic N) is 3. The lowest BCUT2D eigenvalue weighted by Crippen LogP contribution is -2.45. The minimum Gasteiger partial charge on any atom is -0.369 e. The van der Waals surface area contributed by atoms with E-state index in [1.165, 1.54) is 12.8 Å². The average molecular weight is 247 g/mol. The van der Waals surface area contributed by atoms with Gasteiger partial charge in [-0.2, -0.15) is 0 Å². The second-order valence-corrected chi connectivity index (χ2v) is 5.16. The number of hydrogen-bond donors (Lipinski definition) is 0. The number of carbonyl (C=O) groups excluding carboxylic acids is 1. The van der Waals surface area contributed by atoms with Crippen LogP contribution in [0.3, 0.4) is 0 Å². The summed E-state index contributed by atoms with van der Waals surface area (Å²) in [5.74, 6) is 0.0198. The highest BCUT2D eigenvalue weighted by Crippen LogP contribution is 2.21. The van der Waals surface area contributed by atoms with Gasteiger partial charge in [0.1, 0.15) is 5.69 Å². The Balaban J connectivity index is 2.09. The molecule has 1 fully saturated rings. The van der Waals surface area contributed by atoms with E-state index in [0.29, 0.717) is 11.7 Å². The lowest BCUT2D eigenvalue weighted by molar-refractivity contribution is 0.101. The summed E-state index contributed by atoms with van der Waals surface area (Å²) in [7, 11) is 4.26. The standard InChI is InChI=1S/C14H21N3O/c1-11(18)14-7-6-12(9-15-14)17-8-4-5-13(10-17)16(2)3/h6-7,9,13H,4-5,8,10H2,1-3H3. The molecule has 98 valence electrons. The third-order valence-corrected chi connectivity index (χ3v) is 3.60. The van der Waals surface area contributed by atoms with Crippen LogP contribution in [0.5, 0.6) is 0 Å². The Kier molecular flexibility index (Phi) is 3.97. The molecule has 1 saturated heterocycles. The monoisotopic (exact) mass is 247 g/mol. The first-order valence-corrected chi connectivity index (χ1v) is 6.46. The molecule has 1 aromatic rings. The van der Waals surface area contributed by atoms with Crippen molar-refractivity contribution in [3.63, 3.8) is 0 Å². The highest BCUT2D eigenvalue weighted by Gasteiger charge is 2.21. The minimum atomic E-state index is 0.0198. The Labute approximate surface area is 109 Å². The van der Waals surface area contributed by atoms with E-state index in [0.717, 1.165) is 18.8 Å². The molecule has 4 nitrogen and oxygen atoms in total. The number of aromatic nitrogens is 1. The zero-order valence-electron chi connectivity index (χ0n) is 11.4. The number of carbonyl (C=O) groups is 1. The Morgan fingerprint density at radius 3 is 2.78 bits per heavy atom. The lowest BCUT2D eigenvalue weighted by Gasteiger charge is -2.37. The summed E-state index contributed by atoms with van der Waals surface area (Å²) in [6, 6.07) is 4.42. The van der Waals surface area contributed by atoms with E-state index in [4.69, 9.17) is 0 Å². The number of Topliss-reactive ketones (excluding diaryl/α,β-unsaturated/α-hetero) is 1. The fraction of sp³-hybridized carbons (Fsp3) is 0.571. The number of likely N-dealkylation sites (N-methyl/N-ethyl adjacent to an activating group) is 1. The third-order valence-electron chi connectivity index (χ3n) is 3.60. The van der Waals surface area contributed by atoms with Crippen LogP contribution in [0.25, 0.3) is 0 Å². The van der Waals surface area contributed by atoms with Crippen LogP contribution in [0.15, 0.2) is 18.3 Å². The van der Waals surface area contributed by atoms with Gasteiger partial charge in [0.05, 0.1) is 11.9 Å². The van der Waals surface area contributed by atoms with Crippen molar-refractivity contribution in [3.05, 3.63) is 24.0 Å². The zero-order chi connectivity index (χ0) is 13.1. The van der Waals surface area contributed by atoms with Gasteiger partial charge in [0.15, 0.2) is 5.78 Å².